The summed E-state index contributed by atoms with van der Waals surface area (Å²) in [5.41, 5.74) is 0.0646. The van der Waals surface area contributed by atoms with Crippen LogP contribution in [0.2, 0.25) is 0 Å². The molecular weight excluding hydrogens is 152 g/mol. The summed E-state index contributed by atoms with van der Waals surface area (Å²) in [5, 5.41) is 8.77. The van der Waals surface area contributed by atoms with Gasteiger partial charge < -0.3 is 4.74 Å². The number of nitriles is 1. The summed E-state index contributed by atoms with van der Waals surface area (Å²) in [4.78, 5) is 2.21. The van der Waals surface area contributed by atoms with Crippen LogP contribution in [0.1, 0.15) is 13.3 Å². The van der Waals surface area contributed by atoms with E-state index in [1.165, 1.54) is 0 Å². The highest BCUT2D eigenvalue weighted by molar-refractivity contribution is 5.01. The highest BCUT2D eigenvalue weighted by Gasteiger charge is 2.39. The summed E-state index contributed by atoms with van der Waals surface area (Å²) in [7, 11) is 3.76. The number of likely N-dealkylation sites (tertiary alicyclic amines) is 1. The van der Waals surface area contributed by atoms with Crippen LogP contribution in [-0.2, 0) is 4.74 Å². The van der Waals surface area contributed by atoms with Gasteiger partial charge in [-0.05, 0) is 20.4 Å². The van der Waals surface area contributed by atoms with E-state index in [4.69, 9.17) is 10.00 Å². The number of hydrogen-bond donors (Lipinski definition) is 0. The van der Waals surface area contributed by atoms with Gasteiger partial charge >= 0.3 is 0 Å². The van der Waals surface area contributed by atoms with Crippen LogP contribution < -0.4 is 0 Å². The van der Waals surface area contributed by atoms with E-state index in [9.17, 15) is 0 Å². The van der Waals surface area contributed by atoms with Crippen molar-refractivity contribution in [1.29, 1.82) is 5.26 Å². The number of methoxy groups -OCH3 is 1. The second kappa shape index (κ2) is 3.42. The maximum absolute atomic E-state index is 8.77. The zero-order valence-electron chi connectivity index (χ0n) is 8.00. The lowest BCUT2D eigenvalue weighted by atomic mass is 9.96. The summed E-state index contributed by atoms with van der Waals surface area (Å²) in [6.07, 6.45) is 0.924. The van der Waals surface area contributed by atoms with Crippen LogP contribution in [0.3, 0.4) is 0 Å². The average molecular weight is 168 g/mol. The van der Waals surface area contributed by atoms with Gasteiger partial charge in [-0.1, -0.05) is 0 Å². The lowest BCUT2D eigenvalue weighted by Crippen LogP contribution is -2.42. The van der Waals surface area contributed by atoms with E-state index in [1.807, 2.05) is 0 Å². The van der Waals surface area contributed by atoms with Gasteiger partial charge in [0.2, 0.25) is 0 Å². The standard InChI is InChI=1S/C9H16N2O/c1-9(7-12-3)4-8(5-10)6-11(9)2/h8H,4,6-7H2,1-3H3/t8?,9-/m0/s1. The fourth-order valence-electron chi connectivity index (χ4n) is 1.87. The van der Waals surface area contributed by atoms with Crippen molar-refractivity contribution in [3.8, 4) is 6.07 Å². The first-order valence-corrected chi connectivity index (χ1v) is 4.22. The first-order chi connectivity index (χ1) is 5.62. The molecule has 1 heterocycles. The van der Waals surface area contributed by atoms with E-state index in [0.717, 1.165) is 13.0 Å². The molecule has 1 unspecified atom stereocenters. The Balaban J connectivity index is 2.62. The van der Waals surface area contributed by atoms with Crippen LogP contribution in [0, 0.1) is 17.2 Å². The molecule has 0 amide bonds. The number of rotatable bonds is 2. The molecule has 3 nitrogen and oxygen atoms in total. The topological polar surface area (TPSA) is 36.3 Å². The van der Waals surface area contributed by atoms with Crippen LogP contribution in [-0.4, -0.2) is 37.7 Å². The fourth-order valence-corrected chi connectivity index (χ4v) is 1.87. The largest absolute Gasteiger partial charge is 0.383 e. The second-order valence-electron chi connectivity index (χ2n) is 3.84. The van der Waals surface area contributed by atoms with Gasteiger partial charge in [-0.2, -0.15) is 5.26 Å². The third-order valence-electron chi connectivity index (χ3n) is 2.74. The van der Waals surface area contributed by atoms with Crippen molar-refractivity contribution in [1.82, 2.24) is 4.90 Å². The summed E-state index contributed by atoms with van der Waals surface area (Å²) in [5.74, 6) is 0.176. The van der Waals surface area contributed by atoms with Gasteiger partial charge in [-0.3, -0.25) is 4.90 Å². The van der Waals surface area contributed by atoms with Crippen molar-refractivity contribution in [3.63, 3.8) is 0 Å². The molecule has 1 saturated heterocycles. The maximum atomic E-state index is 8.77. The Morgan fingerprint density at radius 1 is 1.75 bits per heavy atom. The molecule has 0 spiro atoms. The fraction of sp³-hybridized carbons (Fsp3) is 0.889. The number of nitrogens with zero attached hydrogens (tertiary/aromatic N) is 2. The van der Waals surface area contributed by atoms with Crippen molar-refractivity contribution >= 4 is 0 Å². The lowest BCUT2D eigenvalue weighted by molar-refractivity contribution is 0.0658. The molecule has 0 aliphatic carbocycles. The molecule has 68 valence electrons. The first-order valence-electron chi connectivity index (χ1n) is 4.22. The van der Waals surface area contributed by atoms with Crippen LogP contribution in [0.5, 0.6) is 0 Å². The van der Waals surface area contributed by atoms with Gasteiger partial charge in [0.25, 0.3) is 0 Å². The Labute approximate surface area is 73.9 Å². The maximum Gasteiger partial charge on any atom is 0.0670 e. The molecule has 0 aromatic rings. The Morgan fingerprint density at radius 2 is 2.42 bits per heavy atom. The number of ether oxygens (including phenoxy) is 1. The van der Waals surface area contributed by atoms with E-state index in [0.29, 0.717) is 6.61 Å². The average Bonchev–Trinajstić information content (AvgIpc) is 2.29. The smallest absolute Gasteiger partial charge is 0.0670 e. The zero-order valence-corrected chi connectivity index (χ0v) is 8.00. The molecule has 1 rings (SSSR count). The van der Waals surface area contributed by atoms with E-state index in [1.54, 1.807) is 7.11 Å². The van der Waals surface area contributed by atoms with Gasteiger partial charge in [-0.15, -0.1) is 0 Å². The Morgan fingerprint density at radius 3 is 2.83 bits per heavy atom. The molecule has 0 bridgehead atoms. The molecule has 0 N–H and O–H groups in total. The molecule has 0 aromatic heterocycles. The van der Waals surface area contributed by atoms with E-state index in [-0.39, 0.29) is 11.5 Å². The number of likely N-dealkylation sites (N-methyl/N-ethyl adjacent to an activating group) is 1. The molecule has 0 aromatic carbocycles. The third kappa shape index (κ3) is 1.60. The van der Waals surface area contributed by atoms with Gasteiger partial charge in [-0.25, -0.2) is 0 Å². The summed E-state index contributed by atoms with van der Waals surface area (Å²) < 4.78 is 5.14. The number of hydrogen-bond acceptors (Lipinski definition) is 3. The Kier molecular flexibility index (Phi) is 2.71. The minimum Gasteiger partial charge on any atom is -0.383 e. The quantitative estimate of drug-likeness (QED) is 0.613. The molecular formula is C9H16N2O. The molecule has 1 aliphatic rings. The molecule has 3 heteroatoms. The third-order valence-corrected chi connectivity index (χ3v) is 2.74. The van der Waals surface area contributed by atoms with Crippen LogP contribution in [0.4, 0.5) is 0 Å². The Bertz CT molecular complexity index is 199. The normalized spacial score (nSPS) is 36.7. The predicted octanol–water partition coefficient (Wildman–Crippen LogP) is 0.867. The van der Waals surface area contributed by atoms with Crippen molar-refractivity contribution < 1.29 is 4.74 Å². The lowest BCUT2D eigenvalue weighted by Gasteiger charge is -2.30. The molecule has 1 fully saturated rings. The summed E-state index contributed by atoms with van der Waals surface area (Å²) in [6.45, 7) is 3.73. The monoisotopic (exact) mass is 168 g/mol. The van der Waals surface area contributed by atoms with Crippen molar-refractivity contribution in [2.45, 2.75) is 18.9 Å². The summed E-state index contributed by atoms with van der Waals surface area (Å²) in [6, 6.07) is 2.31. The van der Waals surface area contributed by atoms with Crippen LogP contribution in [0.25, 0.3) is 0 Å². The molecule has 1 aliphatic heterocycles. The molecule has 0 radical (unpaired) electrons. The summed E-state index contributed by atoms with van der Waals surface area (Å²) >= 11 is 0. The van der Waals surface area contributed by atoms with Crippen LogP contribution in [0.15, 0.2) is 0 Å². The minimum atomic E-state index is 0.0646. The van der Waals surface area contributed by atoms with Gasteiger partial charge in [0.1, 0.15) is 0 Å². The molecule has 12 heavy (non-hydrogen) atoms. The molecule has 0 saturated carbocycles. The van der Waals surface area contributed by atoms with Crippen molar-refractivity contribution in [2.75, 3.05) is 27.3 Å². The predicted molar refractivity (Wildman–Crippen MR) is 46.6 cm³/mol. The SMILES string of the molecule is COC[C@]1(C)CC(C#N)CN1C. The van der Waals surface area contributed by atoms with Gasteiger partial charge in [0.05, 0.1) is 18.6 Å². The van der Waals surface area contributed by atoms with Gasteiger partial charge in [0, 0.05) is 19.2 Å². The van der Waals surface area contributed by atoms with E-state index >= 15 is 0 Å². The van der Waals surface area contributed by atoms with Gasteiger partial charge in [0.15, 0.2) is 0 Å². The highest BCUT2D eigenvalue weighted by atomic mass is 16.5. The van der Waals surface area contributed by atoms with Crippen molar-refractivity contribution in [3.05, 3.63) is 0 Å². The van der Waals surface area contributed by atoms with E-state index in [2.05, 4.69) is 24.9 Å². The second-order valence-corrected chi connectivity index (χ2v) is 3.84. The zero-order chi connectivity index (χ0) is 9.19. The van der Waals surface area contributed by atoms with E-state index < -0.39 is 0 Å². The van der Waals surface area contributed by atoms with Crippen molar-refractivity contribution in [2.24, 2.45) is 5.92 Å². The highest BCUT2D eigenvalue weighted by Crippen LogP contribution is 2.31. The Hall–Kier alpha value is -0.590. The molecule has 2 atom stereocenters. The van der Waals surface area contributed by atoms with Crippen LogP contribution >= 0.6 is 0 Å². The minimum absolute atomic E-state index is 0.0646. The first kappa shape index (κ1) is 9.50.